The topological polar surface area (TPSA) is 45.7 Å². The van der Waals surface area contributed by atoms with E-state index in [1.54, 1.807) is 12.3 Å². The molecule has 2 aromatic rings. The summed E-state index contributed by atoms with van der Waals surface area (Å²) in [5.74, 6) is 1.04. The van der Waals surface area contributed by atoms with Gasteiger partial charge in [-0.1, -0.05) is 29.8 Å². The van der Waals surface area contributed by atoms with E-state index in [1.165, 1.54) is 18.5 Å². The zero-order valence-corrected chi connectivity index (χ0v) is 16.1. The van der Waals surface area contributed by atoms with Gasteiger partial charge in [0.2, 0.25) is 5.88 Å². The van der Waals surface area contributed by atoms with Gasteiger partial charge in [0.25, 0.3) is 5.91 Å². The molecule has 27 heavy (non-hydrogen) atoms. The first kappa shape index (κ1) is 18.1. The van der Waals surface area contributed by atoms with E-state index in [2.05, 4.69) is 22.0 Å². The highest BCUT2D eigenvalue weighted by molar-refractivity contribution is 6.32. The van der Waals surface area contributed by atoms with Crippen molar-refractivity contribution in [2.75, 3.05) is 37.7 Å². The van der Waals surface area contributed by atoms with Gasteiger partial charge in [0.05, 0.1) is 12.2 Å². The van der Waals surface area contributed by atoms with Crippen LogP contribution >= 0.6 is 11.6 Å². The van der Waals surface area contributed by atoms with Crippen molar-refractivity contribution in [3.8, 4) is 5.88 Å². The number of carbonyl (C=O) groups excluding carboxylic acids is 1. The highest BCUT2D eigenvalue weighted by Crippen LogP contribution is 2.31. The molecule has 6 heteroatoms. The minimum Gasteiger partial charge on any atom is -0.476 e. The Labute approximate surface area is 164 Å². The predicted molar refractivity (Wildman–Crippen MR) is 107 cm³/mol. The summed E-state index contributed by atoms with van der Waals surface area (Å²) in [5, 5.41) is 0.405. The summed E-state index contributed by atoms with van der Waals surface area (Å²) >= 11 is 6.29. The molecule has 4 rings (SSSR count). The molecule has 0 bridgehead atoms. The Morgan fingerprint density at radius 3 is 2.70 bits per heavy atom. The minimum atomic E-state index is -0.0203. The Bertz CT molecular complexity index is 795. The number of amides is 1. The van der Waals surface area contributed by atoms with Gasteiger partial charge in [0.15, 0.2) is 0 Å². The minimum absolute atomic E-state index is 0.0203. The molecule has 0 unspecified atom stereocenters. The number of nitrogens with zero attached hydrogens (tertiary/aromatic N) is 3. The molecule has 2 heterocycles. The normalized spacial score (nSPS) is 17.5. The van der Waals surface area contributed by atoms with Crippen LogP contribution < -0.4 is 9.64 Å². The van der Waals surface area contributed by atoms with Crippen molar-refractivity contribution >= 4 is 23.2 Å². The summed E-state index contributed by atoms with van der Waals surface area (Å²) in [5.41, 5.74) is 1.72. The maximum Gasteiger partial charge on any atom is 0.255 e. The van der Waals surface area contributed by atoms with E-state index in [0.29, 0.717) is 35.5 Å². The molecule has 1 aliphatic carbocycles. The molecular weight excluding hydrogens is 362 g/mol. The van der Waals surface area contributed by atoms with Crippen molar-refractivity contribution in [1.29, 1.82) is 0 Å². The Balaban J connectivity index is 1.39. The van der Waals surface area contributed by atoms with Crippen LogP contribution in [-0.4, -0.2) is 48.6 Å². The van der Waals surface area contributed by atoms with Crippen molar-refractivity contribution in [2.24, 2.45) is 5.92 Å². The van der Waals surface area contributed by atoms with Crippen LogP contribution in [0.3, 0.4) is 0 Å². The Morgan fingerprint density at radius 2 is 1.96 bits per heavy atom. The second-order valence-electron chi connectivity index (χ2n) is 7.23. The van der Waals surface area contributed by atoms with Gasteiger partial charge in [-0.2, -0.15) is 0 Å². The first-order valence-electron chi connectivity index (χ1n) is 9.58. The van der Waals surface area contributed by atoms with Gasteiger partial charge in [-0.25, -0.2) is 4.98 Å². The molecule has 2 fully saturated rings. The SMILES string of the molecule is O=C(c1cnc(OCC2CC2)c(Cl)c1)N1CCCN(c2ccccc2)CC1. The average Bonchev–Trinajstić information content (AvgIpc) is 3.54. The molecule has 2 aliphatic rings. The van der Waals surface area contributed by atoms with Gasteiger partial charge in [0, 0.05) is 38.1 Å². The number of halogens is 1. The molecule has 1 aromatic heterocycles. The first-order valence-corrected chi connectivity index (χ1v) is 9.96. The van der Waals surface area contributed by atoms with E-state index in [1.807, 2.05) is 23.1 Å². The lowest BCUT2D eigenvalue weighted by Crippen LogP contribution is -2.35. The van der Waals surface area contributed by atoms with Gasteiger partial charge >= 0.3 is 0 Å². The third-order valence-corrected chi connectivity index (χ3v) is 5.38. The van der Waals surface area contributed by atoms with Crippen LogP contribution in [0.25, 0.3) is 0 Å². The molecule has 5 nitrogen and oxygen atoms in total. The maximum atomic E-state index is 12.9. The number of aromatic nitrogens is 1. The number of hydrogen-bond donors (Lipinski definition) is 0. The molecule has 1 saturated heterocycles. The van der Waals surface area contributed by atoms with Crippen molar-refractivity contribution in [3.63, 3.8) is 0 Å². The van der Waals surface area contributed by atoms with Crippen LogP contribution in [-0.2, 0) is 0 Å². The molecule has 0 spiro atoms. The molecular formula is C21H24ClN3O2. The van der Waals surface area contributed by atoms with E-state index in [0.717, 1.165) is 26.1 Å². The molecule has 1 saturated carbocycles. The van der Waals surface area contributed by atoms with E-state index in [-0.39, 0.29) is 5.91 Å². The quantitative estimate of drug-likeness (QED) is 0.783. The van der Waals surface area contributed by atoms with Crippen LogP contribution in [0.2, 0.25) is 5.02 Å². The van der Waals surface area contributed by atoms with Crippen molar-refractivity contribution in [2.45, 2.75) is 19.3 Å². The Kier molecular flexibility index (Phi) is 5.48. The largest absolute Gasteiger partial charge is 0.476 e. The van der Waals surface area contributed by atoms with Crippen molar-refractivity contribution in [3.05, 3.63) is 53.2 Å². The van der Waals surface area contributed by atoms with Crippen molar-refractivity contribution < 1.29 is 9.53 Å². The Morgan fingerprint density at radius 1 is 1.15 bits per heavy atom. The monoisotopic (exact) mass is 385 g/mol. The number of rotatable bonds is 5. The summed E-state index contributed by atoms with van der Waals surface area (Å²) in [4.78, 5) is 21.4. The van der Waals surface area contributed by atoms with Crippen LogP contribution in [0.1, 0.15) is 29.6 Å². The number of para-hydroxylation sites is 1. The molecule has 1 aliphatic heterocycles. The van der Waals surface area contributed by atoms with Gasteiger partial charge in [0.1, 0.15) is 5.02 Å². The van der Waals surface area contributed by atoms with E-state index in [4.69, 9.17) is 16.3 Å². The van der Waals surface area contributed by atoms with Gasteiger partial charge < -0.3 is 14.5 Å². The van der Waals surface area contributed by atoms with E-state index in [9.17, 15) is 4.79 Å². The van der Waals surface area contributed by atoms with E-state index < -0.39 is 0 Å². The molecule has 1 amide bonds. The first-order chi connectivity index (χ1) is 13.2. The maximum absolute atomic E-state index is 12.9. The van der Waals surface area contributed by atoms with E-state index >= 15 is 0 Å². The van der Waals surface area contributed by atoms with Crippen LogP contribution in [0, 0.1) is 5.92 Å². The zero-order valence-electron chi connectivity index (χ0n) is 15.3. The van der Waals surface area contributed by atoms with Gasteiger partial charge in [-0.05, 0) is 43.4 Å². The fourth-order valence-electron chi connectivity index (χ4n) is 3.33. The number of hydrogen-bond acceptors (Lipinski definition) is 4. The third-order valence-electron chi connectivity index (χ3n) is 5.11. The fourth-order valence-corrected chi connectivity index (χ4v) is 3.55. The molecule has 0 radical (unpaired) electrons. The summed E-state index contributed by atoms with van der Waals surface area (Å²) in [7, 11) is 0. The lowest BCUT2D eigenvalue weighted by molar-refractivity contribution is 0.0766. The fraction of sp³-hybridized carbons (Fsp3) is 0.429. The van der Waals surface area contributed by atoms with Gasteiger partial charge in [-0.3, -0.25) is 4.79 Å². The van der Waals surface area contributed by atoms with Crippen LogP contribution in [0.4, 0.5) is 5.69 Å². The summed E-state index contributed by atoms with van der Waals surface area (Å²) in [6.07, 6.45) is 4.94. The smallest absolute Gasteiger partial charge is 0.255 e. The van der Waals surface area contributed by atoms with Crippen LogP contribution in [0.15, 0.2) is 42.6 Å². The number of anilines is 1. The van der Waals surface area contributed by atoms with Gasteiger partial charge in [-0.15, -0.1) is 0 Å². The zero-order chi connectivity index (χ0) is 18.6. The molecule has 0 N–H and O–H groups in total. The Hall–Kier alpha value is -2.27. The lowest BCUT2D eigenvalue weighted by Gasteiger charge is -2.23. The number of pyridine rings is 1. The highest BCUT2D eigenvalue weighted by Gasteiger charge is 2.24. The summed E-state index contributed by atoms with van der Waals surface area (Å²) in [6.45, 7) is 3.84. The number of benzene rings is 1. The third kappa shape index (κ3) is 4.53. The second-order valence-corrected chi connectivity index (χ2v) is 7.64. The van der Waals surface area contributed by atoms with Crippen LogP contribution in [0.5, 0.6) is 5.88 Å². The summed E-state index contributed by atoms with van der Waals surface area (Å²) in [6, 6.07) is 12.0. The molecule has 1 aromatic carbocycles. The standard InChI is InChI=1S/C21H24ClN3O2/c22-19-13-17(14-23-20(19)27-15-16-7-8-16)21(26)25-10-4-9-24(11-12-25)18-5-2-1-3-6-18/h1-3,5-6,13-14,16H,4,7-12,15H2. The highest BCUT2D eigenvalue weighted by atomic mass is 35.5. The average molecular weight is 386 g/mol. The molecule has 142 valence electrons. The predicted octanol–water partition coefficient (Wildman–Crippen LogP) is 3.88. The molecule has 0 atom stereocenters. The van der Waals surface area contributed by atoms with Crippen molar-refractivity contribution in [1.82, 2.24) is 9.88 Å². The number of carbonyl (C=O) groups is 1. The lowest BCUT2D eigenvalue weighted by atomic mass is 10.2. The summed E-state index contributed by atoms with van der Waals surface area (Å²) < 4.78 is 5.65. The number of ether oxygens (including phenoxy) is 1. The second kappa shape index (κ2) is 8.17.